The molecule has 0 aliphatic heterocycles. The quantitative estimate of drug-likeness (QED) is 0.829. The van der Waals surface area contributed by atoms with E-state index < -0.39 is 24.2 Å². The van der Waals surface area contributed by atoms with Crippen molar-refractivity contribution in [2.45, 2.75) is 12.5 Å². The number of thiophene rings is 1. The van der Waals surface area contributed by atoms with Gasteiger partial charge in [0.1, 0.15) is 6.04 Å². The number of carbonyl (C=O) groups is 2. The van der Waals surface area contributed by atoms with Gasteiger partial charge < -0.3 is 5.32 Å². The van der Waals surface area contributed by atoms with Crippen molar-refractivity contribution in [2.24, 2.45) is 0 Å². The van der Waals surface area contributed by atoms with Crippen LogP contribution in [-0.4, -0.2) is 24.0 Å². The van der Waals surface area contributed by atoms with Crippen molar-refractivity contribution in [1.82, 2.24) is 5.32 Å². The second-order valence-corrected chi connectivity index (χ2v) is 4.10. The Morgan fingerprint density at radius 1 is 1.50 bits per heavy atom. The van der Waals surface area contributed by atoms with Crippen LogP contribution >= 0.6 is 22.9 Å². The number of Topliss-reactive ketones (excluding diaryl/α,β-unsaturated/α-hetero) is 1. The Morgan fingerprint density at radius 2 is 2.19 bits per heavy atom. The van der Waals surface area contributed by atoms with Crippen LogP contribution in [0.2, 0.25) is 0 Å². The van der Waals surface area contributed by atoms with E-state index >= 15 is 0 Å². The number of nitrogens with one attached hydrogen (secondary N) is 1. The summed E-state index contributed by atoms with van der Waals surface area (Å²) in [6, 6.07) is 2.15. The summed E-state index contributed by atoms with van der Waals surface area (Å²) < 4.78 is 24.1. The molecule has 1 amide bonds. The van der Waals surface area contributed by atoms with Crippen LogP contribution in [0.4, 0.5) is 8.78 Å². The largest absolute Gasteiger partial charge is 0.336 e. The third-order valence-electron chi connectivity index (χ3n) is 1.77. The van der Waals surface area contributed by atoms with Gasteiger partial charge in [-0.1, -0.05) is 6.07 Å². The Labute approximate surface area is 99.4 Å². The SMILES string of the molecule is O=C(NC(C(=O)CCl)c1cccs1)C(F)F. The molecule has 0 aliphatic rings. The van der Waals surface area contributed by atoms with Gasteiger partial charge in [0.25, 0.3) is 5.91 Å². The van der Waals surface area contributed by atoms with Crippen molar-refractivity contribution in [1.29, 1.82) is 0 Å². The molecule has 16 heavy (non-hydrogen) atoms. The maximum absolute atomic E-state index is 12.0. The van der Waals surface area contributed by atoms with Gasteiger partial charge in [-0.25, -0.2) is 0 Å². The van der Waals surface area contributed by atoms with E-state index in [1.165, 1.54) is 11.3 Å². The van der Waals surface area contributed by atoms with E-state index in [0.717, 1.165) is 0 Å². The molecule has 1 heterocycles. The Kier molecular flexibility index (Phi) is 4.82. The molecule has 7 heteroatoms. The third kappa shape index (κ3) is 3.24. The number of hydrogen-bond acceptors (Lipinski definition) is 3. The summed E-state index contributed by atoms with van der Waals surface area (Å²) in [6.45, 7) is 0. The summed E-state index contributed by atoms with van der Waals surface area (Å²) in [7, 11) is 0. The Hall–Kier alpha value is -1.01. The first kappa shape index (κ1) is 13.1. The summed E-state index contributed by atoms with van der Waals surface area (Å²) in [5, 5.41) is 3.64. The minimum atomic E-state index is -3.15. The molecule has 1 aromatic heterocycles. The average molecular weight is 268 g/mol. The topological polar surface area (TPSA) is 46.2 Å². The predicted octanol–water partition coefficient (Wildman–Crippen LogP) is 1.98. The highest BCUT2D eigenvalue weighted by Crippen LogP contribution is 2.20. The first-order chi connectivity index (χ1) is 7.56. The van der Waals surface area contributed by atoms with Crippen LogP contribution in [0.25, 0.3) is 0 Å². The van der Waals surface area contributed by atoms with Gasteiger partial charge in [0.05, 0.1) is 5.88 Å². The monoisotopic (exact) mass is 267 g/mol. The van der Waals surface area contributed by atoms with E-state index in [1.807, 2.05) is 5.32 Å². The van der Waals surface area contributed by atoms with Crippen LogP contribution in [0.3, 0.4) is 0 Å². The molecule has 0 saturated carbocycles. The highest BCUT2D eigenvalue weighted by atomic mass is 35.5. The number of ketones is 1. The molecular weight excluding hydrogens is 260 g/mol. The van der Waals surface area contributed by atoms with E-state index in [-0.39, 0.29) is 5.88 Å². The standard InChI is InChI=1S/C9H8ClF2NO2S/c10-4-5(14)7(6-2-1-3-16-6)13-9(15)8(11)12/h1-3,7-8H,4H2,(H,13,15). The highest BCUT2D eigenvalue weighted by Gasteiger charge is 2.26. The number of carbonyl (C=O) groups excluding carboxylic acids is 2. The van der Waals surface area contributed by atoms with Gasteiger partial charge in [0, 0.05) is 4.88 Å². The predicted molar refractivity (Wildman–Crippen MR) is 56.9 cm³/mol. The van der Waals surface area contributed by atoms with E-state index in [0.29, 0.717) is 4.88 Å². The van der Waals surface area contributed by atoms with Crippen molar-refractivity contribution in [3.8, 4) is 0 Å². The maximum Gasteiger partial charge on any atom is 0.315 e. The van der Waals surface area contributed by atoms with Gasteiger partial charge in [-0.15, -0.1) is 22.9 Å². The fourth-order valence-electron chi connectivity index (χ4n) is 1.05. The van der Waals surface area contributed by atoms with Crippen molar-refractivity contribution >= 4 is 34.6 Å². The van der Waals surface area contributed by atoms with Crippen LogP contribution in [0.1, 0.15) is 10.9 Å². The summed E-state index contributed by atoms with van der Waals surface area (Å²) >= 11 is 6.53. The first-order valence-electron chi connectivity index (χ1n) is 4.27. The fraction of sp³-hybridized carbons (Fsp3) is 0.333. The second-order valence-electron chi connectivity index (χ2n) is 2.86. The smallest absolute Gasteiger partial charge is 0.315 e. The maximum atomic E-state index is 12.0. The lowest BCUT2D eigenvalue weighted by Gasteiger charge is -2.14. The molecule has 1 rings (SSSR count). The lowest BCUT2D eigenvalue weighted by atomic mass is 10.1. The van der Waals surface area contributed by atoms with Crippen molar-refractivity contribution < 1.29 is 18.4 Å². The molecule has 0 bridgehead atoms. The number of halogens is 3. The van der Waals surface area contributed by atoms with Gasteiger partial charge in [-0.05, 0) is 11.4 Å². The summed E-state index contributed by atoms with van der Waals surface area (Å²) in [4.78, 5) is 22.7. The molecular formula is C9H8ClF2NO2S. The van der Waals surface area contributed by atoms with Crippen LogP contribution < -0.4 is 5.32 Å². The molecule has 1 atom stereocenters. The summed E-state index contributed by atoms with van der Waals surface area (Å²) in [5.74, 6) is -2.33. The lowest BCUT2D eigenvalue weighted by molar-refractivity contribution is -0.134. The van der Waals surface area contributed by atoms with Crippen LogP contribution in [0.15, 0.2) is 17.5 Å². The zero-order valence-electron chi connectivity index (χ0n) is 7.95. The van der Waals surface area contributed by atoms with Gasteiger partial charge in [-0.3, -0.25) is 9.59 Å². The molecule has 0 aromatic carbocycles. The molecule has 0 fully saturated rings. The van der Waals surface area contributed by atoms with Gasteiger partial charge >= 0.3 is 6.43 Å². The minimum Gasteiger partial charge on any atom is -0.336 e. The molecule has 0 aliphatic carbocycles. The molecule has 1 aromatic rings. The number of rotatable bonds is 5. The Bertz CT molecular complexity index is 370. The summed E-state index contributed by atoms with van der Waals surface area (Å²) in [5.41, 5.74) is 0. The van der Waals surface area contributed by atoms with E-state index in [9.17, 15) is 18.4 Å². The minimum absolute atomic E-state index is 0.341. The van der Waals surface area contributed by atoms with E-state index in [1.54, 1.807) is 17.5 Å². The first-order valence-corrected chi connectivity index (χ1v) is 5.68. The average Bonchev–Trinajstić information content (AvgIpc) is 2.77. The van der Waals surface area contributed by atoms with Crippen LogP contribution in [-0.2, 0) is 9.59 Å². The molecule has 0 saturated heterocycles. The number of amides is 1. The third-order valence-corrected chi connectivity index (χ3v) is 2.97. The fourth-order valence-corrected chi connectivity index (χ4v) is 2.00. The van der Waals surface area contributed by atoms with E-state index in [4.69, 9.17) is 11.6 Å². The highest BCUT2D eigenvalue weighted by molar-refractivity contribution is 7.10. The number of alkyl halides is 3. The molecule has 3 nitrogen and oxygen atoms in total. The van der Waals surface area contributed by atoms with Crippen LogP contribution in [0.5, 0.6) is 0 Å². The molecule has 88 valence electrons. The van der Waals surface area contributed by atoms with Gasteiger partial charge in [0.2, 0.25) is 0 Å². The number of hydrogen-bond donors (Lipinski definition) is 1. The zero-order chi connectivity index (χ0) is 12.1. The van der Waals surface area contributed by atoms with Crippen molar-refractivity contribution in [3.63, 3.8) is 0 Å². The summed E-state index contributed by atoms with van der Waals surface area (Å²) in [6.07, 6.45) is -3.15. The Morgan fingerprint density at radius 3 is 2.62 bits per heavy atom. The van der Waals surface area contributed by atoms with Gasteiger partial charge in [-0.2, -0.15) is 8.78 Å². The molecule has 1 unspecified atom stereocenters. The van der Waals surface area contributed by atoms with Crippen molar-refractivity contribution in [3.05, 3.63) is 22.4 Å². The van der Waals surface area contributed by atoms with Gasteiger partial charge in [0.15, 0.2) is 5.78 Å². The second kappa shape index (κ2) is 5.91. The van der Waals surface area contributed by atoms with E-state index in [2.05, 4.69) is 0 Å². The van der Waals surface area contributed by atoms with Crippen LogP contribution in [0, 0.1) is 0 Å². The molecule has 0 spiro atoms. The normalized spacial score (nSPS) is 12.5. The molecule has 1 N–H and O–H groups in total. The zero-order valence-corrected chi connectivity index (χ0v) is 9.52. The Balaban J connectivity index is 2.81. The molecule has 0 radical (unpaired) electrons. The lowest BCUT2D eigenvalue weighted by Crippen LogP contribution is -2.37. The van der Waals surface area contributed by atoms with Crippen molar-refractivity contribution in [2.75, 3.05) is 5.88 Å².